The predicted molar refractivity (Wildman–Crippen MR) is 56.9 cm³/mol. The fourth-order valence-corrected chi connectivity index (χ4v) is 2.50. The molecule has 0 radical (unpaired) electrons. The van der Waals surface area contributed by atoms with Crippen LogP contribution in [0.4, 0.5) is 0 Å². The maximum Gasteiger partial charge on any atom is 0.309 e. The average Bonchev–Trinajstić information content (AvgIpc) is 2.18. The first-order valence-electron chi connectivity index (χ1n) is 5.83. The van der Waals surface area contributed by atoms with Crippen LogP contribution >= 0.6 is 0 Å². The third-order valence-corrected chi connectivity index (χ3v) is 3.27. The van der Waals surface area contributed by atoms with Crippen LogP contribution in [0.5, 0.6) is 0 Å². The molecule has 0 aliphatic heterocycles. The summed E-state index contributed by atoms with van der Waals surface area (Å²) in [6, 6.07) is 0. The van der Waals surface area contributed by atoms with E-state index in [-0.39, 0.29) is 11.9 Å². The second-order valence-corrected chi connectivity index (χ2v) is 4.55. The van der Waals surface area contributed by atoms with Crippen LogP contribution in [0.3, 0.4) is 0 Å². The summed E-state index contributed by atoms with van der Waals surface area (Å²) in [5, 5.41) is 0. The lowest BCUT2D eigenvalue weighted by Crippen LogP contribution is -2.31. The molecule has 0 spiro atoms. The van der Waals surface area contributed by atoms with Gasteiger partial charge in [0.2, 0.25) is 0 Å². The molecular weight excluding hydrogens is 176 g/mol. The van der Waals surface area contributed by atoms with Crippen molar-refractivity contribution < 1.29 is 9.53 Å². The molecule has 1 rings (SSSR count). The van der Waals surface area contributed by atoms with E-state index in [1.165, 1.54) is 19.3 Å². The van der Waals surface area contributed by atoms with E-state index < -0.39 is 0 Å². The van der Waals surface area contributed by atoms with Gasteiger partial charge in [0.05, 0.1) is 12.5 Å². The maximum absolute atomic E-state index is 11.7. The summed E-state index contributed by atoms with van der Waals surface area (Å²) in [7, 11) is 0. The summed E-state index contributed by atoms with van der Waals surface area (Å²) in [6.07, 6.45) is 4.69. The number of hydrogen-bond acceptors (Lipinski definition) is 2. The molecule has 1 fully saturated rings. The summed E-state index contributed by atoms with van der Waals surface area (Å²) < 4.78 is 5.12. The normalized spacial score (nSPS) is 27.7. The van der Waals surface area contributed by atoms with Crippen LogP contribution in [0.1, 0.15) is 46.5 Å². The van der Waals surface area contributed by atoms with Crippen molar-refractivity contribution in [2.45, 2.75) is 46.5 Å². The van der Waals surface area contributed by atoms with Gasteiger partial charge in [0, 0.05) is 0 Å². The quantitative estimate of drug-likeness (QED) is 0.652. The van der Waals surface area contributed by atoms with Crippen molar-refractivity contribution in [1.82, 2.24) is 0 Å². The first-order chi connectivity index (χ1) is 6.66. The predicted octanol–water partition coefficient (Wildman–Crippen LogP) is 3.01. The lowest BCUT2D eigenvalue weighted by atomic mass is 9.73. The highest BCUT2D eigenvalue weighted by molar-refractivity contribution is 5.72. The van der Waals surface area contributed by atoms with Crippen molar-refractivity contribution in [1.29, 1.82) is 0 Å². The maximum atomic E-state index is 11.7. The molecule has 0 aromatic rings. The third kappa shape index (κ3) is 2.73. The summed E-state index contributed by atoms with van der Waals surface area (Å²) in [5.74, 6) is 1.35. The van der Waals surface area contributed by atoms with Crippen LogP contribution in [0, 0.1) is 17.8 Å². The summed E-state index contributed by atoms with van der Waals surface area (Å²) in [4.78, 5) is 11.7. The van der Waals surface area contributed by atoms with E-state index in [1.54, 1.807) is 0 Å². The van der Waals surface area contributed by atoms with E-state index in [0.717, 1.165) is 6.42 Å². The van der Waals surface area contributed by atoms with Gasteiger partial charge in [-0.15, -0.1) is 0 Å². The Morgan fingerprint density at radius 2 is 2.00 bits per heavy atom. The zero-order chi connectivity index (χ0) is 10.6. The molecule has 1 aliphatic rings. The SMILES string of the molecule is CCOC(=O)C1CCCCC1C(C)C. The second kappa shape index (κ2) is 5.38. The summed E-state index contributed by atoms with van der Waals surface area (Å²) in [6.45, 7) is 6.82. The zero-order valence-corrected chi connectivity index (χ0v) is 9.58. The number of hydrogen-bond donors (Lipinski definition) is 0. The Labute approximate surface area is 87.0 Å². The molecule has 14 heavy (non-hydrogen) atoms. The minimum absolute atomic E-state index is 0.0332. The van der Waals surface area contributed by atoms with Crippen molar-refractivity contribution in [3.8, 4) is 0 Å². The Morgan fingerprint density at radius 3 is 2.57 bits per heavy atom. The van der Waals surface area contributed by atoms with E-state index in [2.05, 4.69) is 13.8 Å². The lowest BCUT2D eigenvalue weighted by molar-refractivity contribution is -0.152. The third-order valence-electron chi connectivity index (χ3n) is 3.27. The molecule has 0 aromatic heterocycles. The molecule has 1 saturated carbocycles. The first-order valence-corrected chi connectivity index (χ1v) is 5.83. The van der Waals surface area contributed by atoms with Crippen molar-refractivity contribution >= 4 is 5.97 Å². The largest absolute Gasteiger partial charge is 0.466 e. The second-order valence-electron chi connectivity index (χ2n) is 4.55. The molecule has 0 amide bonds. The Hall–Kier alpha value is -0.530. The molecule has 2 unspecified atom stereocenters. The van der Waals surface area contributed by atoms with Crippen molar-refractivity contribution in [2.24, 2.45) is 17.8 Å². The van der Waals surface area contributed by atoms with Crippen molar-refractivity contribution in [2.75, 3.05) is 6.61 Å². The molecule has 2 nitrogen and oxygen atoms in total. The molecule has 2 heteroatoms. The molecular formula is C12H22O2. The van der Waals surface area contributed by atoms with Crippen LogP contribution in [0.25, 0.3) is 0 Å². The van der Waals surface area contributed by atoms with Gasteiger partial charge >= 0.3 is 5.97 Å². The molecule has 82 valence electrons. The zero-order valence-electron chi connectivity index (χ0n) is 9.58. The van der Waals surface area contributed by atoms with Gasteiger partial charge in [0.1, 0.15) is 0 Å². The molecule has 2 atom stereocenters. The Kier molecular flexibility index (Phi) is 4.43. The smallest absolute Gasteiger partial charge is 0.309 e. The number of esters is 1. The fraction of sp³-hybridized carbons (Fsp3) is 0.917. The van der Waals surface area contributed by atoms with Gasteiger partial charge in [0.15, 0.2) is 0 Å². The minimum Gasteiger partial charge on any atom is -0.466 e. The van der Waals surface area contributed by atoms with E-state index >= 15 is 0 Å². The van der Waals surface area contributed by atoms with Gasteiger partial charge in [-0.1, -0.05) is 26.7 Å². The van der Waals surface area contributed by atoms with Gasteiger partial charge in [-0.25, -0.2) is 0 Å². The highest BCUT2D eigenvalue weighted by Crippen LogP contribution is 2.35. The van der Waals surface area contributed by atoms with Crippen LogP contribution < -0.4 is 0 Å². The fourth-order valence-electron chi connectivity index (χ4n) is 2.50. The molecule has 1 aliphatic carbocycles. The number of rotatable bonds is 3. The Bertz CT molecular complexity index is 187. The van der Waals surface area contributed by atoms with Crippen molar-refractivity contribution in [3.05, 3.63) is 0 Å². The minimum atomic E-state index is 0.0332. The summed E-state index contributed by atoms with van der Waals surface area (Å²) >= 11 is 0. The molecule has 0 bridgehead atoms. The monoisotopic (exact) mass is 198 g/mol. The van der Waals surface area contributed by atoms with Gasteiger partial charge in [-0.2, -0.15) is 0 Å². The van der Waals surface area contributed by atoms with Gasteiger partial charge in [-0.05, 0) is 31.6 Å². The van der Waals surface area contributed by atoms with Gasteiger partial charge in [-0.3, -0.25) is 4.79 Å². The van der Waals surface area contributed by atoms with E-state index in [9.17, 15) is 4.79 Å². The van der Waals surface area contributed by atoms with Crippen LogP contribution in [0.2, 0.25) is 0 Å². The molecule has 0 N–H and O–H groups in total. The lowest BCUT2D eigenvalue weighted by Gasteiger charge is -2.32. The number of carbonyl (C=O) groups excluding carboxylic acids is 1. The standard InChI is InChI=1S/C12H22O2/c1-4-14-12(13)11-8-6-5-7-10(11)9(2)3/h9-11H,4-8H2,1-3H3. The molecule has 0 aromatic carbocycles. The van der Waals surface area contributed by atoms with Crippen LogP contribution in [-0.4, -0.2) is 12.6 Å². The number of ether oxygens (including phenoxy) is 1. The van der Waals surface area contributed by atoms with E-state index in [0.29, 0.717) is 18.4 Å². The van der Waals surface area contributed by atoms with Crippen LogP contribution in [0.15, 0.2) is 0 Å². The molecule has 0 saturated heterocycles. The van der Waals surface area contributed by atoms with Gasteiger partial charge in [0.25, 0.3) is 0 Å². The summed E-state index contributed by atoms with van der Waals surface area (Å²) in [5.41, 5.74) is 0. The van der Waals surface area contributed by atoms with Crippen LogP contribution in [-0.2, 0) is 9.53 Å². The van der Waals surface area contributed by atoms with E-state index in [1.807, 2.05) is 6.92 Å². The Morgan fingerprint density at radius 1 is 1.36 bits per heavy atom. The highest BCUT2D eigenvalue weighted by Gasteiger charge is 2.33. The van der Waals surface area contributed by atoms with E-state index in [4.69, 9.17) is 4.74 Å². The first kappa shape index (κ1) is 11.5. The van der Waals surface area contributed by atoms with Gasteiger partial charge < -0.3 is 4.74 Å². The number of carbonyl (C=O) groups is 1. The highest BCUT2D eigenvalue weighted by atomic mass is 16.5. The average molecular weight is 198 g/mol. The Balaban J connectivity index is 2.57. The molecule has 0 heterocycles. The topological polar surface area (TPSA) is 26.3 Å². The van der Waals surface area contributed by atoms with Crippen molar-refractivity contribution in [3.63, 3.8) is 0 Å².